The van der Waals surface area contributed by atoms with Crippen LogP contribution in [-0.4, -0.2) is 15.8 Å². The van der Waals surface area contributed by atoms with Crippen molar-refractivity contribution in [2.24, 2.45) is 0 Å². The molecule has 0 saturated heterocycles. The van der Waals surface area contributed by atoms with Crippen molar-refractivity contribution in [1.82, 2.24) is 9.55 Å². The molecule has 0 amide bonds. The van der Waals surface area contributed by atoms with Gasteiger partial charge in [-0.1, -0.05) is 60.7 Å². The van der Waals surface area contributed by atoms with Crippen LogP contribution in [0.4, 0.5) is 0 Å². The van der Waals surface area contributed by atoms with Crippen molar-refractivity contribution in [2.75, 3.05) is 0 Å². The van der Waals surface area contributed by atoms with Gasteiger partial charge >= 0.3 is 0 Å². The second-order valence-electron chi connectivity index (χ2n) is 4.98. The summed E-state index contributed by atoms with van der Waals surface area (Å²) in [7, 11) is 0. The number of imidazole rings is 1. The molecule has 22 heavy (non-hydrogen) atoms. The molecule has 0 radical (unpaired) electrons. The first-order chi connectivity index (χ1) is 10.8. The van der Waals surface area contributed by atoms with Crippen molar-refractivity contribution in [2.45, 2.75) is 13.0 Å². The van der Waals surface area contributed by atoms with E-state index in [1.165, 1.54) is 5.56 Å². The highest BCUT2D eigenvalue weighted by Crippen LogP contribution is 2.25. The molecule has 0 aliphatic rings. The molecule has 0 unspecified atom stereocenters. The number of nitrogens with zero attached hydrogens (tertiary/aromatic N) is 2. The summed E-state index contributed by atoms with van der Waals surface area (Å²) in [5, 5.41) is 0. The fraction of sp³-hybridized carbons (Fsp3) is 0.111. The van der Waals surface area contributed by atoms with Crippen molar-refractivity contribution in [3.05, 3.63) is 75.8 Å². The van der Waals surface area contributed by atoms with E-state index in [1.54, 1.807) is 0 Å². The normalized spacial score (nSPS) is 10.6. The number of hydrogen-bond donors (Lipinski definition) is 0. The Kier molecular flexibility index (Phi) is 4.68. The molecule has 3 aromatic rings. The fourth-order valence-corrected chi connectivity index (χ4v) is 3.34. The van der Waals surface area contributed by atoms with Gasteiger partial charge in [-0.05, 0) is 34.6 Å². The topological polar surface area (TPSA) is 34.9 Å². The zero-order valence-corrected chi connectivity index (χ0v) is 14.1. The van der Waals surface area contributed by atoms with Crippen LogP contribution in [0.25, 0.3) is 11.3 Å². The van der Waals surface area contributed by atoms with Crippen molar-refractivity contribution in [1.29, 1.82) is 0 Å². The fourth-order valence-electron chi connectivity index (χ4n) is 2.42. The number of aryl methyl sites for hydroxylation is 1. The standard InChI is InChI=1S/C18H15IN2O/c19-18-17(15-9-5-2-6-10-15)20-16(13-22)21(18)12-11-14-7-3-1-4-8-14/h1-10,13H,11-12H2. The number of carbonyl (C=O) groups is 1. The summed E-state index contributed by atoms with van der Waals surface area (Å²) in [4.78, 5) is 15.8. The summed E-state index contributed by atoms with van der Waals surface area (Å²) >= 11 is 2.27. The van der Waals surface area contributed by atoms with Gasteiger partial charge in [-0.25, -0.2) is 4.98 Å². The van der Waals surface area contributed by atoms with E-state index in [2.05, 4.69) is 39.7 Å². The van der Waals surface area contributed by atoms with Gasteiger partial charge in [0.05, 0.1) is 0 Å². The van der Waals surface area contributed by atoms with E-state index >= 15 is 0 Å². The van der Waals surface area contributed by atoms with Crippen LogP contribution in [-0.2, 0) is 13.0 Å². The Morgan fingerprint density at radius 3 is 2.27 bits per heavy atom. The summed E-state index contributed by atoms with van der Waals surface area (Å²) in [5.74, 6) is 0.485. The monoisotopic (exact) mass is 402 g/mol. The number of benzene rings is 2. The summed E-state index contributed by atoms with van der Waals surface area (Å²) in [5.41, 5.74) is 3.16. The Hall–Kier alpha value is -1.95. The highest BCUT2D eigenvalue weighted by Gasteiger charge is 2.15. The maximum Gasteiger partial charge on any atom is 0.185 e. The molecule has 0 spiro atoms. The van der Waals surface area contributed by atoms with E-state index in [9.17, 15) is 4.79 Å². The molecule has 0 N–H and O–H groups in total. The van der Waals surface area contributed by atoms with Crippen LogP contribution >= 0.6 is 22.6 Å². The molecule has 0 bridgehead atoms. The summed E-state index contributed by atoms with van der Waals surface area (Å²) in [6.07, 6.45) is 1.71. The van der Waals surface area contributed by atoms with Gasteiger partial charge in [-0.15, -0.1) is 0 Å². The lowest BCUT2D eigenvalue weighted by molar-refractivity contribution is 0.111. The summed E-state index contributed by atoms with van der Waals surface area (Å²) in [6, 6.07) is 20.2. The van der Waals surface area contributed by atoms with Gasteiger partial charge in [0.1, 0.15) is 9.39 Å². The molecule has 1 heterocycles. The van der Waals surface area contributed by atoms with Gasteiger partial charge in [0.15, 0.2) is 12.1 Å². The Morgan fingerprint density at radius 2 is 1.64 bits per heavy atom. The molecule has 110 valence electrons. The first kappa shape index (κ1) is 15.0. The van der Waals surface area contributed by atoms with Crippen LogP contribution in [0.15, 0.2) is 60.7 Å². The highest BCUT2D eigenvalue weighted by atomic mass is 127. The molecule has 3 rings (SSSR count). The molecule has 0 fully saturated rings. The third kappa shape index (κ3) is 3.11. The summed E-state index contributed by atoms with van der Waals surface area (Å²) < 4.78 is 2.99. The summed E-state index contributed by atoms with van der Waals surface area (Å²) in [6.45, 7) is 0.746. The van der Waals surface area contributed by atoms with Gasteiger partial charge in [-0.2, -0.15) is 0 Å². The first-order valence-corrected chi connectivity index (χ1v) is 8.18. The molecule has 2 aromatic carbocycles. The number of aldehydes is 1. The van der Waals surface area contributed by atoms with Gasteiger partial charge in [-0.3, -0.25) is 4.79 Å². The van der Waals surface area contributed by atoms with Crippen LogP contribution in [0.5, 0.6) is 0 Å². The predicted molar refractivity (Wildman–Crippen MR) is 95.9 cm³/mol. The van der Waals surface area contributed by atoms with E-state index < -0.39 is 0 Å². The molecule has 0 aliphatic carbocycles. The minimum atomic E-state index is 0.485. The molecule has 0 atom stereocenters. The third-order valence-corrected chi connectivity index (χ3v) is 4.65. The zero-order valence-electron chi connectivity index (χ0n) is 11.9. The lowest BCUT2D eigenvalue weighted by atomic mass is 10.1. The molecule has 3 nitrogen and oxygen atoms in total. The van der Waals surface area contributed by atoms with Crippen molar-refractivity contribution >= 4 is 28.9 Å². The van der Waals surface area contributed by atoms with Crippen molar-refractivity contribution in [3.8, 4) is 11.3 Å². The van der Waals surface area contributed by atoms with E-state index in [0.29, 0.717) is 5.82 Å². The predicted octanol–water partition coefficient (Wildman–Crippen LogP) is 4.21. The number of hydrogen-bond acceptors (Lipinski definition) is 2. The minimum absolute atomic E-state index is 0.485. The Bertz CT molecular complexity index is 767. The number of aromatic nitrogens is 2. The van der Waals surface area contributed by atoms with Crippen molar-refractivity contribution < 1.29 is 4.79 Å². The van der Waals surface area contributed by atoms with Crippen molar-refractivity contribution in [3.63, 3.8) is 0 Å². The van der Waals surface area contributed by atoms with Gasteiger partial charge in [0, 0.05) is 12.1 Å². The van der Waals surface area contributed by atoms with Gasteiger partial charge < -0.3 is 4.57 Å². The lowest BCUT2D eigenvalue weighted by Crippen LogP contribution is -2.07. The first-order valence-electron chi connectivity index (χ1n) is 7.10. The van der Waals surface area contributed by atoms with Crippen LogP contribution in [0.3, 0.4) is 0 Å². The molecular weight excluding hydrogens is 387 g/mol. The van der Waals surface area contributed by atoms with Crippen LogP contribution < -0.4 is 0 Å². The van der Waals surface area contributed by atoms with E-state index in [0.717, 1.165) is 34.2 Å². The second kappa shape index (κ2) is 6.87. The molecule has 0 saturated carbocycles. The molecule has 1 aromatic heterocycles. The largest absolute Gasteiger partial charge is 0.316 e. The Labute approximate surface area is 143 Å². The zero-order chi connectivity index (χ0) is 15.4. The minimum Gasteiger partial charge on any atom is -0.316 e. The Balaban J connectivity index is 1.91. The van der Waals surface area contributed by atoms with Crippen LogP contribution in [0.2, 0.25) is 0 Å². The number of halogens is 1. The van der Waals surface area contributed by atoms with Crippen LogP contribution in [0.1, 0.15) is 16.2 Å². The van der Waals surface area contributed by atoms with E-state index in [-0.39, 0.29) is 0 Å². The van der Waals surface area contributed by atoms with E-state index in [4.69, 9.17) is 0 Å². The Morgan fingerprint density at radius 1 is 1.00 bits per heavy atom. The lowest BCUT2D eigenvalue weighted by Gasteiger charge is -2.07. The van der Waals surface area contributed by atoms with Crippen LogP contribution in [0, 0.1) is 3.70 Å². The van der Waals surface area contributed by atoms with Gasteiger partial charge in [0.2, 0.25) is 0 Å². The van der Waals surface area contributed by atoms with Gasteiger partial charge in [0.25, 0.3) is 0 Å². The SMILES string of the molecule is O=Cc1nc(-c2ccccc2)c(I)n1CCc1ccccc1. The number of carbonyl (C=O) groups excluding carboxylic acids is 1. The molecule has 4 heteroatoms. The molecular formula is C18H15IN2O. The average Bonchev–Trinajstić information content (AvgIpc) is 2.90. The quantitative estimate of drug-likeness (QED) is 0.474. The van der Waals surface area contributed by atoms with E-state index in [1.807, 2.05) is 53.1 Å². The maximum absolute atomic E-state index is 11.3. The smallest absolute Gasteiger partial charge is 0.185 e. The highest BCUT2D eigenvalue weighted by molar-refractivity contribution is 14.1. The average molecular weight is 402 g/mol. The number of rotatable bonds is 5. The third-order valence-electron chi connectivity index (χ3n) is 3.55. The maximum atomic E-state index is 11.3. The molecule has 0 aliphatic heterocycles. The second-order valence-corrected chi connectivity index (χ2v) is 6.00.